The third-order valence-corrected chi connectivity index (χ3v) is 4.46. The largest absolute Gasteiger partial charge is 0.385 e. The van der Waals surface area contributed by atoms with Gasteiger partial charge in [0.05, 0.1) is 6.10 Å². The lowest BCUT2D eigenvalue weighted by Gasteiger charge is -2.34. The molecule has 0 bridgehead atoms. The van der Waals surface area contributed by atoms with Crippen LogP contribution in [0.3, 0.4) is 0 Å². The van der Waals surface area contributed by atoms with Crippen LogP contribution >= 0.6 is 0 Å². The lowest BCUT2D eigenvalue weighted by Crippen LogP contribution is -2.41. The highest BCUT2D eigenvalue weighted by atomic mass is 16.5. The molecule has 1 saturated heterocycles. The Kier molecular flexibility index (Phi) is 6.07. The topological polar surface area (TPSA) is 39.7 Å². The van der Waals surface area contributed by atoms with Gasteiger partial charge in [-0.15, -0.1) is 0 Å². The molecule has 1 N–H and O–H groups in total. The van der Waals surface area contributed by atoms with Crippen LogP contribution in [-0.4, -0.2) is 53.2 Å². The van der Waals surface area contributed by atoms with Crippen LogP contribution in [0.25, 0.3) is 0 Å². The van der Waals surface area contributed by atoms with Gasteiger partial charge in [0.1, 0.15) is 0 Å². The van der Waals surface area contributed by atoms with E-state index in [1.807, 2.05) is 7.05 Å². The van der Waals surface area contributed by atoms with Gasteiger partial charge in [0, 0.05) is 45.5 Å². The van der Waals surface area contributed by atoms with Crippen LogP contribution in [0.4, 0.5) is 0 Å². The van der Waals surface area contributed by atoms with Gasteiger partial charge in [0.15, 0.2) is 0 Å². The summed E-state index contributed by atoms with van der Waals surface area (Å²) in [5.41, 5.74) is 0.303. The van der Waals surface area contributed by atoms with E-state index in [0.29, 0.717) is 11.5 Å². The van der Waals surface area contributed by atoms with E-state index < -0.39 is 0 Å². The van der Waals surface area contributed by atoms with E-state index in [9.17, 15) is 0 Å². The maximum atomic E-state index is 6.03. The van der Waals surface area contributed by atoms with Crippen molar-refractivity contribution in [1.29, 1.82) is 0 Å². The molecule has 2 fully saturated rings. The zero-order chi connectivity index (χ0) is 13.6. The van der Waals surface area contributed by atoms with Crippen molar-refractivity contribution in [2.24, 2.45) is 11.3 Å². The summed E-state index contributed by atoms with van der Waals surface area (Å²) in [5.74, 6) is 0.810. The molecule has 1 heterocycles. The van der Waals surface area contributed by atoms with E-state index in [0.717, 1.165) is 51.7 Å². The van der Waals surface area contributed by atoms with Gasteiger partial charge >= 0.3 is 0 Å². The van der Waals surface area contributed by atoms with Gasteiger partial charge in [0.25, 0.3) is 0 Å². The van der Waals surface area contributed by atoms with E-state index in [2.05, 4.69) is 5.32 Å². The number of rotatable bonds is 10. The van der Waals surface area contributed by atoms with Crippen LogP contribution in [0.15, 0.2) is 0 Å². The van der Waals surface area contributed by atoms with Crippen LogP contribution < -0.4 is 5.32 Å². The molecule has 4 heteroatoms. The average Bonchev–Trinajstić information content (AvgIpc) is 3.17. The Morgan fingerprint density at radius 2 is 2.11 bits per heavy atom. The van der Waals surface area contributed by atoms with Gasteiger partial charge in [0.2, 0.25) is 0 Å². The van der Waals surface area contributed by atoms with Crippen LogP contribution in [0.2, 0.25) is 0 Å². The molecule has 112 valence electrons. The lowest BCUT2D eigenvalue weighted by atomic mass is 9.76. The van der Waals surface area contributed by atoms with Crippen molar-refractivity contribution in [2.45, 2.75) is 38.2 Å². The van der Waals surface area contributed by atoms with Crippen LogP contribution in [-0.2, 0) is 14.2 Å². The van der Waals surface area contributed by atoms with Crippen molar-refractivity contribution >= 4 is 0 Å². The van der Waals surface area contributed by atoms with Gasteiger partial charge in [-0.2, -0.15) is 0 Å². The molecule has 1 aliphatic heterocycles. The third kappa shape index (κ3) is 4.15. The molecule has 0 spiro atoms. The molecule has 0 amide bonds. The number of nitrogens with one attached hydrogen (secondary N) is 1. The Hall–Kier alpha value is -0.160. The van der Waals surface area contributed by atoms with E-state index in [1.54, 1.807) is 7.11 Å². The Labute approximate surface area is 117 Å². The molecule has 0 aromatic heterocycles. The zero-order valence-electron chi connectivity index (χ0n) is 12.5. The third-order valence-electron chi connectivity index (χ3n) is 4.46. The van der Waals surface area contributed by atoms with Gasteiger partial charge in [-0.3, -0.25) is 0 Å². The quantitative estimate of drug-likeness (QED) is 0.615. The number of ether oxygens (including phenoxy) is 3. The molecule has 0 radical (unpaired) electrons. The predicted octanol–water partition coefficient (Wildman–Crippen LogP) is 1.83. The molecule has 2 rings (SSSR count). The highest BCUT2D eigenvalue weighted by Gasteiger charge is 2.50. The minimum atomic E-state index is 0.303. The summed E-state index contributed by atoms with van der Waals surface area (Å²) < 4.78 is 16.8. The molecule has 2 aliphatic rings. The number of hydrogen-bond donors (Lipinski definition) is 1. The zero-order valence-corrected chi connectivity index (χ0v) is 12.5. The second-order valence-electron chi connectivity index (χ2n) is 5.98. The molecule has 0 aromatic rings. The normalized spacial score (nSPS) is 30.9. The van der Waals surface area contributed by atoms with Crippen LogP contribution in [0, 0.1) is 11.3 Å². The first-order valence-corrected chi connectivity index (χ1v) is 7.65. The Morgan fingerprint density at radius 1 is 1.26 bits per heavy atom. The fraction of sp³-hybridized carbons (Fsp3) is 1.00. The van der Waals surface area contributed by atoms with Gasteiger partial charge in [-0.05, 0) is 45.1 Å². The van der Waals surface area contributed by atoms with Crippen molar-refractivity contribution < 1.29 is 14.2 Å². The van der Waals surface area contributed by atoms with Crippen molar-refractivity contribution in [3.8, 4) is 0 Å². The molecular formula is C15H29NO3. The summed E-state index contributed by atoms with van der Waals surface area (Å²) in [6.07, 6.45) is 6.44. The van der Waals surface area contributed by atoms with Crippen LogP contribution in [0.5, 0.6) is 0 Å². The molecule has 0 aromatic carbocycles. The van der Waals surface area contributed by atoms with Crippen molar-refractivity contribution in [2.75, 3.05) is 47.1 Å². The molecule has 1 saturated carbocycles. The first-order valence-electron chi connectivity index (χ1n) is 7.65. The maximum Gasteiger partial charge on any atom is 0.0673 e. The van der Waals surface area contributed by atoms with E-state index in [1.165, 1.54) is 19.3 Å². The van der Waals surface area contributed by atoms with Gasteiger partial charge in [-0.25, -0.2) is 0 Å². The average molecular weight is 271 g/mol. The van der Waals surface area contributed by atoms with Crippen molar-refractivity contribution in [3.63, 3.8) is 0 Å². The van der Waals surface area contributed by atoms with Crippen LogP contribution in [0.1, 0.15) is 32.1 Å². The summed E-state index contributed by atoms with van der Waals surface area (Å²) in [5, 5.41) is 3.37. The van der Waals surface area contributed by atoms with Crippen molar-refractivity contribution in [1.82, 2.24) is 5.32 Å². The lowest BCUT2D eigenvalue weighted by molar-refractivity contribution is 0.00755. The van der Waals surface area contributed by atoms with Gasteiger partial charge in [-0.1, -0.05) is 0 Å². The van der Waals surface area contributed by atoms with Crippen molar-refractivity contribution in [3.05, 3.63) is 0 Å². The summed E-state index contributed by atoms with van der Waals surface area (Å²) in [6, 6.07) is 0. The molecule has 2 unspecified atom stereocenters. The fourth-order valence-electron chi connectivity index (χ4n) is 3.32. The van der Waals surface area contributed by atoms with Gasteiger partial charge < -0.3 is 19.5 Å². The molecule has 1 aliphatic carbocycles. The second kappa shape index (κ2) is 7.58. The summed E-state index contributed by atoms with van der Waals surface area (Å²) >= 11 is 0. The highest BCUT2D eigenvalue weighted by Crippen LogP contribution is 2.49. The standard InChI is InChI=1S/C15H29NO3/c1-16-12-15(6-10-18-9-3-8-17-2)7-11-19-14(15)13-4-5-13/h13-14,16H,3-12H2,1-2H3. The molecule has 2 atom stereocenters. The second-order valence-corrected chi connectivity index (χ2v) is 5.98. The predicted molar refractivity (Wildman–Crippen MR) is 75.4 cm³/mol. The monoisotopic (exact) mass is 271 g/mol. The Morgan fingerprint density at radius 3 is 2.79 bits per heavy atom. The first-order chi connectivity index (χ1) is 9.32. The first kappa shape index (κ1) is 15.2. The summed E-state index contributed by atoms with van der Waals surface area (Å²) in [7, 11) is 3.78. The SMILES string of the molecule is CNCC1(CCOCCCOC)CCOC1C1CC1. The molecule has 4 nitrogen and oxygen atoms in total. The maximum absolute atomic E-state index is 6.03. The molecular weight excluding hydrogens is 242 g/mol. The van der Waals surface area contributed by atoms with E-state index >= 15 is 0 Å². The summed E-state index contributed by atoms with van der Waals surface area (Å²) in [6.45, 7) is 4.41. The Bertz CT molecular complexity index is 258. The number of hydrogen-bond acceptors (Lipinski definition) is 4. The minimum absolute atomic E-state index is 0.303. The summed E-state index contributed by atoms with van der Waals surface area (Å²) in [4.78, 5) is 0. The van der Waals surface area contributed by atoms with E-state index in [-0.39, 0.29) is 0 Å². The Balaban J connectivity index is 1.75. The van der Waals surface area contributed by atoms with E-state index in [4.69, 9.17) is 14.2 Å². The fourth-order valence-corrected chi connectivity index (χ4v) is 3.32. The highest BCUT2D eigenvalue weighted by molar-refractivity contribution is 5.00. The smallest absolute Gasteiger partial charge is 0.0673 e. The number of methoxy groups -OCH3 is 1. The minimum Gasteiger partial charge on any atom is -0.385 e. The molecule has 19 heavy (non-hydrogen) atoms.